The van der Waals surface area contributed by atoms with Crippen molar-refractivity contribution in [3.8, 4) is 11.4 Å². The van der Waals surface area contributed by atoms with Crippen LogP contribution in [-0.2, 0) is 10.0 Å². The molecule has 1 aromatic heterocycles. The summed E-state index contributed by atoms with van der Waals surface area (Å²) in [6.07, 6.45) is 2.94. The van der Waals surface area contributed by atoms with Crippen LogP contribution in [0.3, 0.4) is 0 Å². The second-order valence-electron chi connectivity index (χ2n) is 7.56. The standard InChI is InChI=1S/C25H31N5O3S/c1-5-29(6-2)23-15-14-21(34(32,33)30(7-3)8-4)16-22(23)28-25(31)20-17-26-24(27-18-20)19-12-10-9-11-13-19/h9-18H,5-8H2,1-4H3,(H,28,31). The van der Waals surface area contributed by atoms with E-state index < -0.39 is 15.9 Å². The minimum absolute atomic E-state index is 0.137. The number of carbonyl (C=O) groups is 1. The van der Waals surface area contributed by atoms with E-state index in [1.54, 1.807) is 26.0 Å². The highest BCUT2D eigenvalue weighted by Crippen LogP contribution is 2.30. The van der Waals surface area contributed by atoms with Gasteiger partial charge in [0.2, 0.25) is 10.0 Å². The number of sulfonamides is 1. The minimum Gasteiger partial charge on any atom is -0.370 e. The number of rotatable bonds is 10. The van der Waals surface area contributed by atoms with Crippen LogP contribution in [0.15, 0.2) is 65.8 Å². The van der Waals surface area contributed by atoms with E-state index in [9.17, 15) is 13.2 Å². The zero-order valence-corrected chi connectivity index (χ0v) is 20.8. The molecular weight excluding hydrogens is 450 g/mol. The monoisotopic (exact) mass is 481 g/mol. The van der Waals surface area contributed by atoms with Crippen molar-refractivity contribution in [2.24, 2.45) is 0 Å². The second-order valence-corrected chi connectivity index (χ2v) is 9.49. The molecule has 0 spiro atoms. The van der Waals surface area contributed by atoms with Crippen molar-refractivity contribution in [2.45, 2.75) is 32.6 Å². The Morgan fingerprint density at radius 3 is 2.06 bits per heavy atom. The van der Waals surface area contributed by atoms with E-state index in [1.807, 2.05) is 44.2 Å². The highest BCUT2D eigenvalue weighted by atomic mass is 32.2. The smallest absolute Gasteiger partial charge is 0.258 e. The fourth-order valence-electron chi connectivity index (χ4n) is 3.70. The maximum absolute atomic E-state index is 13.1. The van der Waals surface area contributed by atoms with Gasteiger partial charge in [0.15, 0.2) is 5.82 Å². The number of anilines is 2. The molecule has 0 aliphatic rings. The molecular formula is C25H31N5O3S. The van der Waals surface area contributed by atoms with E-state index in [0.717, 1.165) is 11.3 Å². The highest BCUT2D eigenvalue weighted by Gasteiger charge is 2.24. The summed E-state index contributed by atoms with van der Waals surface area (Å²) >= 11 is 0. The summed E-state index contributed by atoms with van der Waals surface area (Å²) < 4.78 is 27.5. The summed E-state index contributed by atoms with van der Waals surface area (Å²) in [7, 11) is -3.68. The van der Waals surface area contributed by atoms with Crippen molar-refractivity contribution in [3.05, 3.63) is 66.5 Å². The van der Waals surface area contributed by atoms with Gasteiger partial charge in [-0.15, -0.1) is 0 Å². The van der Waals surface area contributed by atoms with Crippen molar-refractivity contribution in [1.82, 2.24) is 14.3 Å². The van der Waals surface area contributed by atoms with Crippen LogP contribution < -0.4 is 10.2 Å². The Labute approximate surface area is 201 Å². The summed E-state index contributed by atoms with van der Waals surface area (Å²) in [6, 6.07) is 14.4. The van der Waals surface area contributed by atoms with Crippen molar-refractivity contribution < 1.29 is 13.2 Å². The maximum Gasteiger partial charge on any atom is 0.258 e. The lowest BCUT2D eigenvalue weighted by Crippen LogP contribution is -2.31. The first-order valence-electron chi connectivity index (χ1n) is 11.4. The van der Waals surface area contributed by atoms with Crippen LogP contribution in [0.1, 0.15) is 38.1 Å². The number of carbonyl (C=O) groups excluding carboxylic acids is 1. The molecule has 2 aromatic carbocycles. The van der Waals surface area contributed by atoms with Gasteiger partial charge in [0.1, 0.15) is 0 Å². The quantitative estimate of drug-likeness (QED) is 0.465. The van der Waals surface area contributed by atoms with Crippen molar-refractivity contribution in [1.29, 1.82) is 0 Å². The number of benzene rings is 2. The van der Waals surface area contributed by atoms with E-state index >= 15 is 0 Å². The predicted octanol–water partition coefficient (Wildman–Crippen LogP) is 4.27. The molecule has 0 radical (unpaired) electrons. The van der Waals surface area contributed by atoms with Gasteiger partial charge in [-0.05, 0) is 32.0 Å². The average Bonchev–Trinajstić information content (AvgIpc) is 2.86. The first-order valence-corrected chi connectivity index (χ1v) is 12.9. The summed E-state index contributed by atoms with van der Waals surface area (Å²) in [5.41, 5.74) is 2.31. The summed E-state index contributed by atoms with van der Waals surface area (Å²) in [5, 5.41) is 2.88. The zero-order chi connectivity index (χ0) is 24.7. The first-order chi connectivity index (χ1) is 16.3. The third-order valence-electron chi connectivity index (χ3n) is 5.61. The van der Waals surface area contributed by atoms with Gasteiger partial charge in [0.25, 0.3) is 5.91 Å². The lowest BCUT2D eigenvalue weighted by Gasteiger charge is -2.26. The molecule has 1 N–H and O–H groups in total. The molecule has 1 heterocycles. The molecule has 0 aliphatic carbocycles. The Morgan fingerprint density at radius 1 is 0.882 bits per heavy atom. The Morgan fingerprint density at radius 2 is 1.50 bits per heavy atom. The fraction of sp³-hybridized carbons (Fsp3) is 0.320. The van der Waals surface area contributed by atoms with Crippen molar-refractivity contribution in [2.75, 3.05) is 36.4 Å². The van der Waals surface area contributed by atoms with Crippen LogP contribution in [0.5, 0.6) is 0 Å². The van der Waals surface area contributed by atoms with Crippen molar-refractivity contribution in [3.63, 3.8) is 0 Å². The van der Waals surface area contributed by atoms with E-state index in [-0.39, 0.29) is 10.5 Å². The Kier molecular flexibility index (Phi) is 8.36. The Bertz CT molecular complexity index is 1210. The molecule has 0 atom stereocenters. The van der Waals surface area contributed by atoms with Crippen LogP contribution in [0, 0.1) is 0 Å². The lowest BCUT2D eigenvalue weighted by atomic mass is 10.2. The second kappa shape index (κ2) is 11.2. The van der Waals surface area contributed by atoms with Crippen LogP contribution in [-0.4, -0.2) is 54.8 Å². The van der Waals surface area contributed by atoms with E-state index in [4.69, 9.17) is 0 Å². The van der Waals surface area contributed by atoms with Crippen molar-refractivity contribution >= 4 is 27.3 Å². The largest absolute Gasteiger partial charge is 0.370 e. The number of amides is 1. The van der Waals surface area contributed by atoms with E-state index in [2.05, 4.69) is 20.2 Å². The predicted molar refractivity (Wildman–Crippen MR) is 136 cm³/mol. The summed E-state index contributed by atoms with van der Waals surface area (Å²) in [6.45, 7) is 9.75. The van der Waals surface area contributed by atoms with Gasteiger partial charge in [0.05, 0.1) is 21.8 Å². The highest BCUT2D eigenvalue weighted by molar-refractivity contribution is 7.89. The molecule has 8 nitrogen and oxygen atoms in total. The van der Waals surface area contributed by atoms with Crippen LogP contribution in [0.4, 0.5) is 11.4 Å². The van der Waals surface area contributed by atoms with Gasteiger partial charge >= 0.3 is 0 Å². The molecule has 1 amide bonds. The van der Waals surface area contributed by atoms with Gasteiger partial charge in [-0.1, -0.05) is 44.2 Å². The molecule has 0 saturated heterocycles. The normalized spacial score (nSPS) is 11.4. The third-order valence-corrected chi connectivity index (χ3v) is 7.66. The zero-order valence-electron chi connectivity index (χ0n) is 20.0. The molecule has 0 aliphatic heterocycles. The van der Waals surface area contributed by atoms with E-state index in [0.29, 0.717) is 37.7 Å². The van der Waals surface area contributed by atoms with Crippen LogP contribution >= 0.6 is 0 Å². The van der Waals surface area contributed by atoms with Gasteiger partial charge < -0.3 is 10.2 Å². The molecule has 3 rings (SSSR count). The van der Waals surface area contributed by atoms with Gasteiger partial charge in [-0.3, -0.25) is 4.79 Å². The first kappa shape index (κ1) is 25.3. The van der Waals surface area contributed by atoms with Gasteiger partial charge in [-0.2, -0.15) is 4.31 Å². The number of hydrogen-bond donors (Lipinski definition) is 1. The molecule has 9 heteroatoms. The number of nitrogens with one attached hydrogen (secondary N) is 1. The summed E-state index contributed by atoms with van der Waals surface area (Å²) in [4.78, 5) is 23.9. The fourth-order valence-corrected chi connectivity index (χ4v) is 5.19. The van der Waals surface area contributed by atoms with Crippen LogP contribution in [0.2, 0.25) is 0 Å². The molecule has 0 fully saturated rings. The minimum atomic E-state index is -3.68. The molecule has 0 bridgehead atoms. The summed E-state index contributed by atoms with van der Waals surface area (Å²) in [5.74, 6) is 0.110. The van der Waals surface area contributed by atoms with E-state index in [1.165, 1.54) is 22.8 Å². The van der Waals surface area contributed by atoms with Gasteiger partial charge in [-0.25, -0.2) is 18.4 Å². The number of nitrogens with zero attached hydrogens (tertiary/aromatic N) is 4. The Balaban J connectivity index is 1.95. The number of aromatic nitrogens is 2. The average molecular weight is 482 g/mol. The lowest BCUT2D eigenvalue weighted by molar-refractivity contribution is 0.102. The molecule has 0 saturated carbocycles. The maximum atomic E-state index is 13.1. The Hall–Kier alpha value is -3.30. The molecule has 34 heavy (non-hydrogen) atoms. The SMILES string of the molecule is CCN(CC)c1ccc(S(=O)(=O)N(CC)CC)cc1NC(=O)c1cnc(-c2ccccc2)nc1. The molecule has 3 aromatic rings. The van der Waals surface area contributed by atoms with Gasteiger partial charge in [0, 0.05) is 44.1 Å². The number of hydrogen-bond acceptors (Lipinski definition) is 6. The van der Waals surface area contributed by atoms with Crippen LogP contribution in [0.25, 0.3) is 11.4 Å². The third kappa shape index (κ3) is 5.43. The molecule has 180 valence electrons. The topological polar surface area (TPSA) is 95.5 Å². The molecule has 0 unspecified atom stereocenters.